The van der Waals surface area contributed by atoms with Crippen LogP contribution in [-0.4, -0.2) is 29.1 Å². The highest BCUT2D eigenvalue weighted by molar-refractivity contribution is 7.99. The van der Waals surface area contributed by atoms with Crippen molar-refractivity contribution in [1.29, 1.82) is 0 Å². The molecular formula is C23H23N5O2S2. The van der Waals surface area contributed by atoms with Crippen LogP contribution in [0.4, 0.5) is 5.82 Å². The van der Waals surface area contributed by atoms with Crippen molar-refractivity contribution < 1.29 is 8.42 Å². The van der Waals surface area contributed by atoms with Crippen LogP contribution in [0.25, 0.3) is 22.4 Å². The van der Waals surface area contributed by atoms with Gasteiger partial charge in [-0.05, 0) is 49.4 Å². The van der Waals surface area contributed by atoms with Gasteiger partial charge in [-0.2, -0.15) is 0 Å². The second-order valence-electron chi connectivity index (χ2n) is 7.25. The number of pyridine rings is 1. The van der Waals surface area contributed by atoms with Crippen molar-refractivity contribution in [3.8, 4) is 11.4 Å². The molecule has 0 aliphatic carbocycles. The van der Waals surface area contributed by atoms with Crippen molar-refractivity contribution in [3.63, 3.8) is 0 Å². The van der Waals surface area contributed by atoms with E-state index in [2.05, 4.69) is 27.1 Å². The lowest BCUT2D eigenvalue weighted by Crippen LogP contribution is -2.30. The molecule has 0 saturated carbocycles. The zero-order valence-electron chi connectivity index (χ0n) is 18.0. The van der Waals surface area contributed by atoms with E-state index in [9.17, 15) is 8.42 Å². The Hall–Kier alpha value is -3.01. The van der Waals surface area contributed by atoms with Crippen molar-refractivity contribution in [2.75, 3.05) is 11.2 Å². The molecule has 164 valence electrons. The van der Waals surface area contributed by atoms with E-state index in [4.69, 9.17) is 4.98 Å². The molecule has 0 fully saturated rings. The van der Waals surface area contributed by atoms with E-state index in [1.165, 1.54) is 0 Å². The van der Waals surface area contributed by atoms with Gasteiger partial charge in [-0.1, -0.05) is 42.8 Å². The first kappa shape index (κ1) is 22.2. The summed E-state index contributed by atoms with van der Waals surface area (Å²) in [6, 6.07) is 16.4. The number of aryl methyl sites for hydroxylation is 2. The number of anilines is 1. The molecule has 0 radical (unpaired) electrons. The molecule has 4 rings (SSSR count). The second kappa shape index (κ2) is 9.23. The summed E-state index contributed by atoms with van der Waals surface area (Å²) in [5.74, 6) is 1.70. The van der Waals surface area contributed by atoms with Crippen molar-refractivity contribution >= 4 is 38.6 Å². The summed E-state index contributed by atoms with van der Waals surface area (Å²) in [7, 11) is -3.80. The molecule has 0 saturated heterocycles. The number of nitrogens with one attached hydrogen (secondary N) is 2. The van der Waals surface area contributed by atoms with Crippen LogP contribution < -0.4 is 10.3 Å². The van der Waals surface area contributed by atoms with Gasteiger partial charge in [0.15, 0.2) is 11.6 Å². The number of thioether (sulfide) groups is 1. The summed E-state index contributed by atoms with van der Waals surface area (Å²) in [6.07, 6.45) is 1.70. The van der Waals surface area contributed by atoms with Gasteiger partial charge in [0.1, 0.15) is 5.52 Å². The van der Waals surface area contributed by atoms with Gasteiger partial charge in [-0.25, -0.2) is 18.4 Å². The molecule has 2 aromatic carbocycles. The smallest absolute Gasteiger partial charge is 0.257 e. The number of aromatic nitrogens is 3. The normalized spacial score (nSPS) is 11.6. The zero-order valence-corrected chi connectivity index (χ0v) is 19.6. The SMILES string of the molecule is CCSc1ccccc1-c1nc(NNS(=O)(=O)c2ccc(C)cc2)c2ncc(C)cc2n1. The third-order valence-corrected chi connectivity index (χ3v) is 6.95. The monoisotopic (exact) mass is 465 g/mol. The molecule has 0 unspecified atom stereocenters. The standard InChI is InChI=1S/C23H23N5O2S2/c1-4-31-20-8-6-5-7-18(20)22-25-19-13-16(3)14-24-21(19)23(26-22)27-28-32(29,30)17-11-9-15(2)10-12-17/h5-14,28H,4H2,1-3H3,(H,25,26,27). The molecule has 0 aliphatic rings. The van der Waals surface area contributed by atoms with Crippen molar-refractivity contribution in [2.24, 2.45) is 0 Å². The van der Waals surface area contributed by atoms with Gasteiger partial charge in [0.25, 0.3) is 10.0 Å². The molecule has 0 amide bonds. The number of benzene rings is 2. The number of hydrogen-bond donors (Lipinski definition) is 2. The van der Waals surface area contributed by atoms with E-state index in [-0.39, 0.29) is 10.7 Å². The van der Waals surface area contributed by atoms with E-state index >= 15 is 0 Å². The van der Waals surface area contributed by atoms with Gasteiger partial charge in [0, 0.05) is 16.7 Å². The molecule has 4 aromatic rings. The maximum atomic E-state index is 12.8. The van der Waals surface area contributed by atoms with Crippen molar-refractivity contribution in [2.45, 2.75) is 30.6 Å². The van der Waals surface area contributed by atoms with Crippen LogP contribution in [0.3, 0.4) is 0 Å². The number of hydrazine groups is 1. The Morgan fingerprint density at radius 2 is 1.72 bits per heavy atom. The van der Waals surface area contributed by atoms with Crippen LogP contribution in [-0.2, 0) is 10.0 Å². The predicted molar refractivity (Wildman–Crippen MR) is 129 cm³/mol. The molecule has 0 atom stereocenters. The molecule has 7 nitrogen and oxygen atoms in total. The summed E-state index contributed by atoms with van der Waals surface area (Å²) in [4.78, 5) is 17.4. The Labute approximate surface area is 191 Å². The fourth-order valence-corrected chi connectivity index (χ4v) is 4.80. The zero-order chi connectivity index (χ0) is 22.7. The topological polar surface area (TPSA) is 96.9 Å². The largest absolute Gasteiger partial charge is 0.290 e. The fraction of sp³-hybridized carbons (Fsp3) is 0.174. The molecule has 2 aromatic heterocycles. The first-order valence-electron chi connectivity index (χ1n) is 10.1. The Bertz CT molecular complexity index is 1370. The highest BCUT2D eigenvalue weighted by atomic mass is 32.2. The molecule has 0 spiro atoms. The first-order chi connectivity index (χ1) is 15.4. The summed E-state index contributed by atoms with van der Waals surface area (Å²) in [5.41, 5.74) is 6.68. The minimum Gasteiger partial charge on any atom is -0.290 e. The number of hydrogen-bond acceptors (Lipinski definition) is 7. The van der Waals surface area contributed by atoms with Crippen LogP contribution in [0.2, 0.25) is 0 Å². The van der Waals surface area contributed by atoms with Gasteiger partial charge in [-0.3, -0.25) is 10.4 Å². The van der Waals surface area contributed by atoms with E-state index < -0.39 is 10.0 Å². The van der Waals surface area contributed by atoms with E-state index in [1.807, 2.05) is 44.2 Å². The van der Waals surface area contributed by atoms with Crippen LogP contribution in [0.1, 0.15) is 18.1 Å². The maximum Gasteiger partial charge on any atom is 0.257 e. The Kier molecular flexibility index (Phi) is 6.40. The average molecular weight is 466 g/mol. The van der Waals surface area contributed by atoms with E-state index in [0.717, 1.165) is 27.3 Å². The van der Waals surface area contributed by atoms with Crippen LogP contribution in [0, 0.1) is 13.8 Å². The minimum atomic E-state index is -3.80. The van der Waals surface area contributed by atoms with Gasteiger partial charge in [0.05, 0.1) is 10.4 Å². The highest BCUT2D eigenvalue weighted by Gasteiger charge is 2.17. The number of rotatable bonds is 7. The summed E-state index contributed by atoms with van der Waals surface area (Å²) in [5, 5.41) is 0. The van der Waals surface area contributed by atoms with E-state index in [0.29, 0.717) is 16.9 Å². The van der Waals surface area contributed by atoms with Crippen LogP contribution in [0.5, 0.6) is 0 Å². The summed E-state index contributed by atoms with van der Waals surface area (Å²) >= 11 is 1.70. The van der Waals surface area contributed by atoms with Crippen molar-refractivity contribution in [3.05, 3.63) is 71.9 Å². The molecular weight excluding hydrogens is 442 g/mol. The molecule has 9 heteroatoms. The first-order valence-corrected chi connectivity index (χ1v) is 12.6. The number of fused-ring (bicyclic) bond motifs is 1. The Morgan fingerprint density at radius 1 is 0.969 bits per heavy atom. The summed E-state index contributed by atoms with van der Waals surface area (Å²) < 4.78 is 25.5. The summed E-state index contributed by atoms with van der Waals surface area (Å²) in [6.45, 7) is 5.92. The molecule has 32 heavy (non-hydrogen) atoms. The Balaban J connectivity index is 1.76. The van der Waals surface area contributed by atoms with Gasteiger partial charge < -0.3 is 0 Å². The lowest BCUT2D eigenvalue weighted by Gasteiger charge is -2.13. The van der Waals surface area contributed by atoms with Gasteiger partial charge >= 0.3 is 0 Å². The minimum absolute atomic E-state index is 0.155. The molecule has 0 bridgehead atoms. The maximum absolute atomic E-state index is 12.8. The van der Waals surface area contributed by atoms with Crippen LogP contribution >= 0.6 is 11.8 Å². The number of nitrogens with zero attached hydrogens (tertiary/aromatic N) is 3. The third kappa shape index (κ3) is 4.74. The average Bonchev–Trinajstić information content (AvgIpc) is 2.78. The van der Waals surface area contributed by atoms with Gasteiger partial charge in [0.2, 0.25) is 0 Å². The molecule has 0 aliphatic heterocycles. The lowest BCUT2D eigenvalue weighted by atomic mass is 10.2. The molecule has 2 heterocycles. The van der Waals surface area contributed by atoms with Gasteiger partial charge in [-0.15, -0.1) is 16.6 Å². The van der Waals surface area contributed by atoms with Crippen LogP contribution in [0.15, 0.2) is 70.6 Å². The van der Waals surface area contributed by atoms with E-state index in [1.54, 1.807) is 42.2 Å². The molecule has 2 N–H and O–H groups in total. The predicted octanol–water partition coefficient (Wildman–Crippen LogP) is 4.73. The quantitative estimate of drug-likeness (QED) is 0.301. The second-order valence-corrected chi connectivity index (χ2v) is 10.2. The highest BCUT2D eigenvalue weighted by Crippen LogP contribution is 2.31. The lowest BCUT2D eigenvalue weighted by molar-refractivity contribution is 0.587. The van der Waals surface area contributed by atoms with Crippen molar-refractivity contribution in [1.82, 2.24) is 19.8 Å². The Morgan fingerprint density at radius 3 is 2.47 bits per heavy atom. The third-order valence-electron chi connectivity index (χ3n) is 4.74. The number of sulfonamides is 1. The fourth-order valence-electron chi connectivity index (χ4n) is 3.15.